The van der Waals surface area contributed by atoms with E-state index in [0.29, 0.717) is 11.3 Å². The lowest BCUT2D eigenvalue weighted by Crippen LogP contribution is -2.09. The molecule has 2 heteroatoms. The van der Waals surface area contributed by atoms with Gasteiger partial charge in [0.1, 0.15) is 5.75 Å². The van der Waals surface area contributed by atoms with Crippen LogP contribution in [0.2, 0.25) is 0 Å². The molecule has 20 heavy (non-hydrogen) atoms. The summed E-state index contributed by atoms with van der Waals surface area (Å²) in [6.45, 7) is 9.72. The summed E-state index contributed by atoms with van der Waals surface area (Å²) < 4.78 is 5.48. The average Bonchev–Trinajstić information content (AvgIpc) is 2.48. The van der Waals surface area contributed by atoms with Crippen molar-refractivity contribution < 1.29 is 9.53 Å². The van der Waals surface area contributed by atoms with Crippen LogP contribution in [0.4, 0.5) is 0 Å². The highest BCUT2D eigenvalue weighted by Crippen LogP contribution is 2.24. The van der Waals surface area contributed by atoms with E-state index in [4.69, 9.17) is 4.74 Å². The lowest BCUT2D eigenvalue weighted by Gasteiger charge is -2.11. The second-order valence-electron chi connectivity index (χ2n) is 4.85. The SMILES string of the molecule is C=Cc1ccc(C(=O)Oc2ccc(C)c(C)c2C)cc1. The molecule has 0 fully saturated rings. The van der Waals surface area contributed by atoms with Gasteiger partial charge in [-0.3, -0.25) is 0 Å². The minimum absolute atomic E-state index is 0.341. The molecule has 102 valence electrons. The molecule has 0 N–H and O–H groups in total. The predicted molar refractivity (Wildman–Crippen MR) is 82.1 cm³/mol. The predicted octanol–water partition coefficient (Wildman–Crippen LogP) is 4.47. The normalized spacial score (nSPS) is 10.2. The highest BCUT2D eigenvalue weighted by Gasteiger charge is 2.11. The van der Waals surface area contributed by atoms with E-state index >= 15 is 0 Å². The molecule has 0 aliphatic carbocycles. The van der Waals surface area contributed by atoms with Crippen LogP contribution in [0.25, 0.3) is 6.08 Å². The highest BCUT2D eigenvalue weighted by molar-refractivity contribution is 5.91. The van der Waals surface area contributed by atoms with Crippen molar-refractivity contribution >= 4 is 12.0 Å². The number of hydrogen-bond acceptors (Lipinski definition) is 2. The molecule has 2 rings (SSSR count). The summed E-state index contributed by atoms with van der Waals surface area (Å²) in [5.41, 5.74) is 4.85. The summed E-state index contributed by atoms with van der Waals surface area (Å²) in [5, 5.41) is 0. The van der Waals surface area contributed by atoms with E-state index in [1.165, 1.54) is 5.56 Å². The highest BCUT2D eigenvalue weighted by atomic mass is 16.5. The third kappa shape index (κ3) is 2.80. The first kappa shape index (κ1) is 14.1. The molecule has 0 spiro atoms. The Bertz CT molecular complexity index is 652. The van der Waals surface area contributed by atoms with Gasteiger partial charge in [-0.2, -0.15) is 0 Å². The van der Waals surface area contributed by atoms with E-state index in [1.807, 2.05) is 45.0 Å². The molecule has 0 bridgehead atoms. The minimum atomic E-state index is -0.341. The molecule has 2 nitrogen and oxygen atoms in total. The molecular formula is C18H18O2. The van der Waals surface area contributed by atoms with Crippen molar-refractivity contribution in [3.05, 3.63) is 70.8 Å². The summed E-state index contributed by atoms with van der Waals surface area (Å²) in [7, 11) is 0. The van der Waals surface area contributed by atoms with Gasteiger partial charge in [0.05, 0.1) is 5.56 Å². The van der Waals surface area contributed by atoms with Crippen LogP contribution in [0.5, 0.6) is 5.75 Å². The average molecular weight is 266 g/mol. The molecule has 0 atom stereocenters. The molecule has 0 aromatic heterocycles. The number of carbonyl (C=O) groups is 1. The maximum absolute atomic E-state index is 12.1. The zero-order valence-electron chi connectivity index (χ0n) is 12.1. The standard InChI is InChI=1S/C18H18O2/c1-5-15-7-9-16(10-8-15)18(19)20-17-11-6-12(2)13(3)14(17)4/h5-11H,1H2,2-4H3. The molecular weight excluding hydrogens is 248 g/mol. The molecule has 0 aliphatic heterocycles. The van der Waals surface area contributed by atoms with Gasteiger partial charge in [-0.05, 0) is 61.2 Å². The van der Waals surface area contributed by atoms with Crippen LogP contribution >= 0.6 is 0 Å². The molecule has 0 saturated heterocycles. The number of rotatable bonds is 3. The van der Waals surface area contributed by atoms with Crippen molar-refractivity contribution in [3.63, 3.8) is 0 Å². The molecule has 0 aliphatic rings. The quantitative estimate of drug-likeness (QED) is 0.605. The van der Waals surface area contributed by atoms with Gasteiger partial charge >= 0.3 is 5.97 Å². The van der Waals surface area contributed by atoms with E-state index in [2.05, 4.69) is 6.58 Å². The van der Waals surface area contributed by atoms with Gasteiger partial charge in [0, 0.05) is 0 Å². The summed E-state index contributed by atoms with van der Waals surface area (Å²) in [4.78, 5) is 12.1. The maximum atomic E-state index is 12.1. The number of benzene rings is 2. The largest absolute Gasteiger partial charge is 0.423 e. The van der Waals surface area contributed by atoms with E-state index < -0.39 is 0 Å². The van der Waals surface area contributed by atoms with Crippen LogP contribution < -0.4 is 4.74 Å². The summed E-state index contributed by atoms with van der Waals surface area (Å²) in [5.74, 6) is 0.276. The Kier molecular flexibility index (Phi) is 4.04. The number of aryl methyl sites for hydroxylation is 1. The van der Waals surface area contributed by atoms with E-state index in [9.17, 15) is 4.79 Å². The van der Waals surface area contributed by atoms with Gasteiger partial charge in [0.2, 0.25) is 0 Å². The summed E-state index contributed by atoms with van der Waals surface area (Å²) >= 11 is 0. The Labute approximate surface area is 119 Å². The van der Waals surface area contributed by atoms with Gasteiger partial charge in [-0.25, -0.2) is 4.79 Å². The smallest absolute Gasteiger partial charge is 0.343 e. The third-order valence-electron chi connectivity index (χ3n) is 3.59. The Morgan fingerprint density at radius 3 is 2.25 bits per heavy atom. The first-order valence-electron chi connectivity index (χ1n) is 6.54. The van der Waals surface area contributed by atoms with Gasteiger partial charge < -0.3 is 4.74 Å². The fourth-order valence-electron chi connectivity index (χ4n) is 1.96. The van der Waals surface area contributed by atoms with Crippen molar-refractivity contribution in [2.24, 2.45) is 0 Å². The zero-order valence-corrected chi connectivity index (χ0v) is 12.1. The molecule has 0 amide bonds. The molecule has 0 unspecified atom stereocenters. The molecule has 0 saturated carbocycles. The zero-order chi connectivity index (χ0) is 14.7. The van der Waals surface area contributed by atoms with Gasteiger partial charge in [-0.15, -0.1) is 0 Å². The Hall–Kier alpha value is -2.35. The molecule has 0 heterocycles. The van der Waals surface area contributed by atoms with E-state index in [-0.39, 0.29) is 5.97 Å². The van der Waals surface area contributed by atoms with Crippen LogP contribution in [-0.2, 0) is 0 Å². The van der Waals surface area contributed by atoms with E-state index in [1.54, 1.807) is 18.2 Å². The number of carbonyl (C=O) groups excluding carboxylic acids is 1. The van der Waals surface area contributed by atoms with Crippen molar-refractivity contribution in [3.8, 4) is 5.75 Å². The lowest BCUT2D eigenvalue weighted by molar-refractivity contribution is 0.0733. The molecule has 2 aromatic carbocycles. The third-order valence-corrected chi connectivity index (χ3v) is 3.59. The fraction of sp³-hybridized carbons (Fsp3) is 0.167. The number of esters is 1. The van der Waals surface area contributed by atoms with Crippen molar-refractivity contribution in [2.75, 3.05) is 0 Å². The summed E-state index contributed by atoms with van der Waals surface area (Å²) in [6, 6.07) is 11.0. The lowest BCUT2D eigenvalue weighted by atomic mass is 10.0. The van der Waals surface area contributed by atoms with Gasteiger partial charge in [0.15, 0.2) is 0 Å². The monoisotopic (exact) mass is 266 g/mol. The Morgan fingerprint density at radius 1 is 1.00 bits per heavy atom. The van der Waals surface area contributed by atoms with E-state index in [0.717, 1.165) is 16.7 Å². The first-order chi connectivity index (χ1) is 9.52. The maximum Gasteiger partial charge on any atom is 0.343 e. The van der Waals surface area contributed by atoms with Crippen LogP contribution in [0.15, 0.2) is 43.0 Å². The van der Waals surface area contributed by atoms with Gasteiger partial charge in [0.25, 0.3) is 0 Å². The molecule has 2 aromatic rings. The second-order valence-corrected chi connectivity index (χ2v) is 4.85. The van der Waals surface area contributed by atoms with Crippen molar-refractivity contribution in [1.82, 2.24) is 0 Å². The minimum Gasteiger partial charge on any atom is -0.423 e. The number of ether oxygens (including phenoxy) is 1. The summed E-state index contributed by atoms with van der Waals surface area (Å²) in [6.07, 6.45) is 1.74. The first-order valence-corrected chi connectivity index (χ1v) is 6.54. The second kappa shape index (κ2) is 5.74. The topological polar surface area (TPSA) is 26.3 Å². The van der Waals surface area contributed by atoms with Crippen LogP contribution in [0, 0.1) is 20.8 Å². The van der Waals surface area contributed by atoms with Crippen molar-refractivity contribution in [2.45, 2.75) is 20.8 Å². The van der Waals surface area contributed by atoms with Gasteiger partial charge in [-0.1, -0.05) is 30.9 Å². The number of hydrogen-bond donors (Lipinski definition) is 0. The Balaban J connectivity index is 2.23. The van der Waals surface area contributed by atoms with Crippen molar-refractivity contribution in [1.29, 1.82) is 0 Å². The Morgan fingerprint density at radius 2 is 1.65 bits per heavy atom. The fourth-order valence-corrected chi connectivity index (χ4v) is 1.96. The van der Waals surface area contributed by atoms with Crippen LogP contribution in [0.1, 0.15) is 32.6 Å². The van der Waals surface area contributed by atoms with Crippen LogP contribution in [-0.4, -0.2) is 5.97 Å². The molecule has 0 radical (unpaired) electrons. The van der Waals surface area contributed by atoms with Crippen LogP contribution in [0.3, 0.4) is 0 Å².